The van der Waals surface area contributed by atoms with E-state index in [1.807, 2.05) is 30.3 Å². The first-order chi connectivity index (χ1) is 18.6. The van der Waals surface area contributed by atoms with Crippen LogP contribution < -0.4 is 5.32 Å². The fourth-order valence-electron chi connectivity index (χ4n) is 5.85. The number of carbonyl (C=O) groups excluding carboxylic acids is 1. The van der Waals surface area contributed by atoms with Crippen LogP contribution in [-0.4, -0.2) is 42.6 Å². The Morgan fingerprint density at radius 3 is 2.51 bits per heavy atom. The summed E-state index contributed by atoms with van der Waals surface area (Å²) in [4.78, 5) is 14.9. The summed E-state index contributed by atoms with van der Waals surface area (Å²) < 4.78 is 5.00. The summed E-state index contributed by atoms with van der Waals surface area (Å²) >= 11 is 13.0. The van der Waals surface area contributed by atoms with Crippen molar-refractivity contribution in [3.05, 3.63) is 98.5 Å². The number of ether oxygens (including phenoxy) is 1. The molecule has 0 spiro atoms. The summed E-state index contributed by atoms with van der Waals surface area (Å²) in [6.45, 7) is 8.96. The second-order valence-corrected chi connectivity index (χ2v) is 12.4. The highest BCUT2D eigenvalue weighted by atomic mass is 35.5. The average molecular weight is 564 g/mol. The molecule has 0 amide bonds. The van der Waals surface area contributed by atoms with E-state index in [0.29, 0.717) is 21.7 Å². The van der Waals surface area contributed by atoms with Crippen molar-refractivity contribution in [2.24, 2.45) is 0 Å². The molecule has 1 N–H and O–H groups in total. The van der Waals surface area contributed by atoms with Crippen molar-refractivity contribution in [1.29, 1.82) is 0 Å². The highest BCUT2D eigenvalue weighted by Crippen LogP contribution is 2.43. The van der Waals surface area contributed by atoms with Gasteiger partial charge in [-0.25, -0.2) is 4.79 Å². The maximum atomic E-state index is 12.3. The summed E-state index contributed by atoms with van der Waals surface area (Å²) in [5.41, 5.74) is 8.58. The number of fused-ring (bicyclic) bond motifs is 1. The first-order valence-electron chi connectivity index (χ1n) is 13.7. The van der Waals surface area contributed by atoms with Gasteiger partial charge in [-0.2, -0.15) is 0 Å². The van der Waals surface area contributed by atoms with Gasteiger partial charge in [0.05, 0.1) is 12.7 Å². The molecule has 2 aliphatic rings. The Balaban J connectivity index is 1.60. The van der Waals surface area contributed by atoms with Crippen molar-refractivity contribution in [3.8, 4) is 0 Å². The van der Waals surface area contributed by atoms with Gasteiger partial charge in [-0.15, -0.1) is 0 Å². The van der Waals surface area contributed by atoms with Crippen LogP contribution in [0.1, 0.15) is 72.6 Å². The molecule has 5 rings (SSSR count). The zero-order valence-corrected chi connectivity index (χ0v) is 24.6. The Hall–Kier alpha value is -2.79. The van der Waals surface area contributed by atoms with Crippen LogP contribution in [0.3, 0.4) is 0 Å². The third-order valence-corrected chi connectivity index (χ3v) is 8.43. The van der Waals surface area contributed by atoms with E-state index in [9.17, 15) is 4.79 Å². The van der Waals surface area contributed by atoms with Gasteiger partial charge < -0.3 is 10.1 Å². The van der Waals surface area contributed by atoms with Gasteiger partial charge in [-0.3, -0.25) is 4.90 Å². The Bertz CT molecular complexity index is 1420. The van der Waals surface area contributed by atoms with E-state index in [2.05, 4.69) is 61.3 Å². The van der Waals surface area contributed by atoms with Crippen molar-refractivity contribution in [2.45, 2.75) is 58.0 Å². The van der Waals surface area contributed by atoms with E-state index >= 15 is 0 Å². The van der Waals surface area contributed by atoms with E-state index in [1.165, 1.54) is 12.7 Å². The minimum atomic E-state index is -0.319. The lowest BCUT2D eigenvalue weighted by Gasteiger charge is -2.31. The van der Waals surface area contributed by atoms with Gasteiger partial charge >= 0.3 is 5.97 Å². The summed E-state index contributed by atoms with van der Waals surface area (Å²) in [7, 11) is 1.42. The molecule has 1 aliphatic heterocycles. The second-order valence-electron chi connectivity index (χ2n) is 11.5. The van der Waals surface area contributed by atoms with Crippen molar-refractivity contribution >= 4 is 46.0 Å². The molecular weight excluding hydrogens is 527 g/mol. The second kappa shape index (κ2) is 11.4. The number of aryl methyl sites for hydroxylation is 1. The van der Waals surface area contributed by atoms with Gasteiger partial charge in [0.25, 0.3) is 0 Å². The van der Waals surface area contributed by atoms with E-state index in [1.54, 1.807) is 0 Å². The normalized spacial score (nSPS) is 18.1. The van der Waals surface area contributed by atoms with Crippen LogP contribution in [0.25, 0.3) is 11.1 Å². The van der Waals surface area contributed by atoms with Crippen molar-refractivity contribution in [3.63, 3.8) is 0 Å². The van der Waals surface area contributed by atoms with Crippen LogP contribution in [0.15, 0.2) is 60.7 Å². The molecule has 0 aromatic heterocycles. The minimum Gasteiger partial charge on any atom is -0.465 e. The number of nitrogens with zero attached hydrogens (tertiary/aromatic N) is 1. The predicted octanol–water partition coefficient (Wildman–Crippen LogP) is 8.36. The molecule has 3 aromatic rings. The van der Waals surface area contributed by atoms with Gasteiger partial charge in [0.1, 0.15) is 0 Å². The fourth-order valence-corrected chi connectivity index (χ4v) is 6.38. The number of methoxy groups -OCH3 is 1. The molecule has 204 valence electrons. The number of anilines is 1. The number of allylic oxidation sites excluding steroid dienone is 1. The molecule has 1 aliphatic carbocycles. The van der Waals surface area contributed by atoms with Gasteiger partial charge in [0.15, 0.2) is 0 Å². The highest BCUT2D eigenvalue weighted by molar-refractivity contribution is 6.36. The molecule has 1 heterocycles. The third kappa shape index (κ3) is 6.04. The molecule has 3 aromatic carbocycles. The van der Waals surface area contributed by atoms with Crippen LogP contribution in [0.4, 0.5) is 5.69 Å². The van der Waals surface area contributed by atoms with Crippen LogP contribution >= 0.6 is 23.2 Å². The van der Waals surface area contributed by atoms with Crippen LogP contribution in [0.2, 0.25) is 10.0 Å². The minimum absolute atomic E-state index is 0.170. The standard InChI is InChI=1S/C33H36Cl2N2O2/c1-33(2,3)37-16-15-26(20-37)36-25-9-5-8-22(18-25)31-27-13-11-23(32(38)39-4)17-21(27)7-6-10-29(31)28-14-12-24(34)19-30(28)35/h5,8-9,11-14,17-19,26,36H,6-7,10,15-16,20H2,1-4H3/t26-/m1/s1. The quantitative estimate of drug-likeness (QED) is 0.317. The zero-order valence-electron chi connectivity index (χ0n) is 23.1. The summed E-state index contributed by atoms with van der Waals surface area (Å²) in [5.74, 6) is -0.319. The number of hydrogen-bond acceptors (Lipinski definition) is 4. The number of likely N-dealkylation sites (tertiary alicyclic amines) is 1. The van der Waals surface area contributed by atoms with Crippen molar-refractivity contribution < 1.29 is 9.53 Å². The van der Waals surface area contributed by atoms with Crippen molar-refractivity contribution in [2.75, 3.05) is 25.5 Å². The largest absolute Gasteiger partial charge is 0.465 e. The molecule has 39 heavy (non-hydrogen) atoms. The Kier molecular flexibility index (Phi) is 8.09. The van der Waals surface area contributed by atoms with Gasteiger partial charge in [-0.1, -0.05) is 47.5 Å². The van der Waals surface area contributed by atoms with Gasteiger partial charge in [-0.05, 0) is 116 Å². The lowest BCUT2D eigenvalue weighted by molar-refractivity contribution is 0.0600. The molecule has 0 unspecified atom stereocenters. The first kappa shape index (κ1) is 27.8. The van der Waals surface area contributed by atoms with E-state index in [-0.39, 0.29) is 11.5 Å². The van der Waals surface area contributed by atoms with Crippen LogP contribution in [0.5, 0.6) is 0 Å². The lowest BCUT2D eigenvalue weighted by Crippen LogP contribution is -2.40. The number of esters is 1. The Morgan fingerprint density at radius 1 is 1.00 bits per heavy atom. The SMILES string of the molecule is COC(=O)c1ccc2c(c1)CCCC(c1ccc(Cl)cc1Cl)=C2c1cccc(N[C@@H]2CCN(C(C)(C)C)C2)c1. The fraction of sp³-hybridized carbons (Fsp3) is 0.364. The molecular formula is C33H36Cl2N2O2. The number of nitrogens with one attached hydrogen (secondary N) is 1. The van der Waals surface area contributed by atoms with Crippen LogP contribution in [0, 0.1) is 0 Å². The Morgan fingerprint density at radius 2 is 1.79 bits per heavy atom. The lowest BCUT2D eigenvalue weighted by atomic mass is 9.87. The molecule has 1 saturated heterocycles. The zero-order chi connectivity index (χ0) is 27.7. The molecule has 0 radical (unpaired) electrons. The monoisotopic (exact) mass is 562 g/mol. The van der Waals surface area contributed by atoms with E-state index in [0.717, 1.165) is 72.3 Å². The maximum Gasteiger partial charge on any atom is 0.337 e. The first-order valence-corrected chi connectivity index (χ1v) is 14.4. The summed E-state index contributed by atoms with van der Waals surface area (Å²) in [6, 6.07) is 20.7. The predicted molar refractivity (Wildman–Crippen MR) is 163 cm³/mol. The third-order valence-electron chi connectivity index (χ3n) is 7.89. The molecule has 6 heteroatoms. The van der Waals surface area contributed by atoms with E-state index < -0.39 is 0 Å². The molecule has 0 saturated carbocycles. The molecule has 1 fully saturated rings. The number of halogens is 2. The number of carbonyl (C=O) groups is 1. The summed E-state index contributed by atoms with van der Waals surface area (Å²) in [6.07, 6.45) is 3.79. The molecule has 1 atom stereocenters. The summed E-state index contributed by atoms with van der Waals surface area (Å²) in [5, 5.41) is 5.06. The highest BCUT2D eigenvalue weighted by Gasteiger charge is 2.30. The van der Waals surface area contributed by atoms with Gasteiger partial charge in [0, 0.05) is 40.4 Å². The van der Waals surface area contributed by atoms with Crippen LogP contribution in [-0.2, 0) is 11.2 Å². The molecule has 0 bridgehead atoms. The number of benzene rings is 3. The average Bonchev–Trinajstić information content (AvgIpc) is 3.29. The van der Waals surface area contributed by atoms with Crippen molar-refractivity contribution in [1.82, 2.24) is 4.90 Å². The Labute approximate surface area is 242 Å². The molecule has 4 nitrogen and oxygen atoms in total. The maximum absolute atomic E-state index is 12.3. The number of hydrogen-bond donors (Lipinski definition) is 1. The topological polar surface area (TPSA) is 41.6 Å². The van der Waals surface area contributed by atoms with E-state index in [4.69, 9.17) is 27.9 Å². The smallest absolute Gasteiger partial charge is 0.337 e. The van der Waals surface area contributed by atoms with Gasteiger partial charge in [0.2, 0.25) is 0 Å². The number of rotatable bonds is 5.